The minimum absolute atomic E-state index is 0.0862. The van der Waals surface area contributed by atoms with E-state index in [4.69, 9.17) is 0 Å². The van der Waals surface area contributed by atoms with Crippen molar-refractivity contribution in [1.82, 2.24) is 4.83 Å². The van der Waals surface area contributed by atoms with E-state index in [0.29, 0.717) is 5.71 Å². The SMILES string of the molecule is CC(C)=C/C(C)=N/NS(=O)(=O)c1ccc([N+](=O)[O-])cc1. The lowest BCUT2D eigenvalue weighted by Crippen LogP contribution is -2.19. The van der Waals surface area contributed by atoms with Crippen molar-refractivity contribution in [2.45, 2.75) is 25.7 Å². The highest BCUT2D eigenvalue weighted by atomic mass is 32.2. The lowest BCUT2D eigenvalue weighted by atomic mass is 10.3. The van der Waals surface area contributed by atoms with Crippen LogP contribution < -0.4 is 4.83 Å². The van der Waals surface area contributed by atoms with E-state index in [1.165, 1.54) is 0 Å². The van der Waals surface area contributed by atoms with Gasteiger partial charge in [-0.1, -0.05) is 5.57 Å². The van der Waals surface area contributed by atoms with Crippen molar-refractivity contribution in [2.75, 3.05) is 0 Å². The van der Waals surface area contributed by atoms with Gasteiger partial charge in [0.1, 0.15) is 0 Å². The van der Waals surface area contributed by atoms with Crippen molar-refractivity contribution in [2.24, 2.45) is 5.10 Å². The molecule has 0 radical (unpaired) electrons. The number of non-ortho nitro benzene ring substituents is 1. The number of hydrogen-bond donors (Lipinski definition) is 1. The summed E-state index contributed by atoms with van der Waals surface area (Å²) >= 11 is 0. The standard InChI is InChI=1S/C12H15N3O4S/c1-9(2)8-10(3)13-14-20(18,19)12-6-4-11(5-7-12)15(16)17/h4-8,14H,1-3H3/b13-10+. The summed E-state index contributed by atoms with van der Waals surface area (Å²) in [5.74, 6) is 0. The number of benzene rings is 1. The Labute approximate surface area is 117 Å². The molecule has 20 heavy (non-hydrogen) atoms. The number of sulfonamides is 1. The Kier molecular flexibility index (Phi) is 4.98. The molecule has 8 heteroatoms. The van der Waals surface area contributed by atoms with Gasteiger partial charge < -0.3 is 0 Å². The number of hydrazone groups is 1. The third-order valence-corrected chi connectivity index (χ3v) is 3.42. The first-order valence-corrected chi connectivity index (χ1v) is 7.16. The monoisotopic (exact) mass is 297 g/mol. The third-order valence-electron chi connectivity index (χ3n) is 2.20. The van der Waals surface area contributed by atoms with Gasteiger partial charge in [-0.15, -0.1) is 0 Å². The van der Waals surface area contributed by atoms with Gasteiger partial charge in [0, 0.05) is 12.1 Å². The summed E-state index contributed by atoms with van der Waals surface area (Å²) in [7, 11) is -3.82. The molecule has 1 aromatic carbocycles. The van der Waals surface area contributed by atoms with Crippen molar-refractivity contribution in [3.8, 4) is 0 Å². The second kappa shape index (κ2) is 6.29. The molecule has 0 atom stereocenters. The first kappa shape index (κ1) is 15.8. The molecule has 0 amide bonds. The fraction of sp³-hybridized carbons (Fsp3) is 0.250. The predicted molar refractivity (Wildman–Crippen MR) is 76.0 cm³/mol. The fourth-order valence-electron chi connectivity index (χ4n) is 1.38. The quantitative estimate of drug-likeness (QED) is 0.511. The third kappa shape index (κ3) is 4.47. The maximum atomic E-state index is 11.9. The van der Waals surface area contributed by atoms with Crippen LogP contribution >= 0.6 is 0 Å². The van der Waals surface area contributed by atoms with Crippen LogP contribution in [-0.4, -0.2) is 19.1 Å². The summed E-state index contributed by atoms with van der Waals surface area (Å²) in [6.07, 6.45) is 1.72. The topological polar surface area (TPSA) is 102 Å². The highest BCUT2D eigenvalue weighted by molar-refractivity contribution is 7.89. The Hall–Kier alpha value is -2.22. The molecule has 1 aromatic rings. The predicted octanol–water partition coefficient (Wildman–Crippen LogP) is 2.22. The van der Waals surface area contributed by atoms with E-state index in [1.54, 1.807) is 13.0 Å². The van der Waals surface area contributed by atoms with Crippen LogP contribution in [0.5, 0.6) is 0 Å². The summed E-state index contributed by atoms with van der Waals surface area (Å²) < 4.78 is 23.8. The number of allylic oxidation sites excluding steroid dienone is 2. The lowest BCUT2D eigenvalue weighted by Gasteiger charge is -2.03. The van der Waals surface area contributed by atoms with Gasteiger partial charge in [0.15, 0.2) is 0 Å². The van der Waals surface area contributed by atoms with Gasteiger partial charge in [-0.3, -0.25) is 10.1 Å². The summed E-state index contributed by atoms with van der Waals surface area (Å²) in [6.45, 7) is 5.39. The summed E-state index contributed by atoms with van der Waals surface area (Å²) in [5.41, 5.74) is 1.32. The zero-order chi connectivity index (χ0) is 15.3. The van der Waals surface area contributed by atoms with Crippen LogP contribution in [0.15, 0.2) is 45.9 Å². The second-order valence-electron chi connectivity index (χ2n) is 4.32. The zero-order valence-corrected chi connectivity index (χ0v) is 12.1. The van der Waals surface area contributed by atoms with Crippen LogP contribution in [0, 0.1) is 10.1 Å². The van der Waals surface area contributed by atoms with Crippen LogP contribution in [0.1, 0.15) is 20.8 Å². The Balaban J connectivity index is 2.94. The van der Waals surface area contributed by atoms with Crippen LogP contribution in [0.2, 0.25) is 0 Å². The van der Waals surface area contributed by atoms with Gasteiger partial charge >= 0.3 is 0 Å². The van der Waals surface area contributed by atoms with E-state index in [-0.39, 0.29) is 10.6 Å². The Morgan fingerprint density at radius 1 is 1.25 bits per heavy atom. The minimum Gasteiger partial charge on any atom is -0.258 e. The van der Waals surface area contributed by atoms with Crippen LogP contribution in [0.4, 0.5) is 5.69 Å². The summed E-state index contributed by atoms with van der Waals surface area (Å²) in [4.78, 5) is 11.9. The Bertz CT molecular complexity index is 656. The molecule has 0 saturated heterocycles. The van der Waals surface area contributed by atoms with Gasteiger partial charge in [0.25, 0.3) is 15.7 Å². The van der Waals surface area contributed by atoms with Gasteiger partial charge in [0.2, 0.25) is 0 Å². The average Bonchev–Trinajstić information content (AvgIpc) is 2.36. The van der Waals surface area contributed by atoms with E-state index in [0.717, 1.165) is 29.8 Å². The Morgan fingerprint density at radius 3 is 2.25 bits per heavy atom. The van der Waals surface area contributed by atoms with Crippen LogP contribution in [0.25, 0.3) is 0 Å². The van der Waals surface area contributed by atoms with Crippen molar-refractivity contribution in [1.29, 1.82) is 0 Å². The first-order valence-electron chi connectivity index (χ1n) is 5.68. The van der Waals surface area contributed by atoms with Gasteiger partial charge in [0.05, 0.1) is 15.5 Å². The molecule has 0 bridgehead atoms. The van der Waals surface area contributed by atoms with E-state index >= 15 is 0 Å². The minimum atomic E-state index is -3.82. The molecule has 0 heterocycles. The molecule has 1 rings (SSSR count). The number of nitrogens with one attached hydrogen (secondary N) is 1. The zero-order valence-electron chi connectivity index (χ0n) is 11.3. The fourth-order valence-corrected chi connectivity index (χ4v) is 2.25. The number of rotatable bonds is 5. The van der Waals surface area contributed by atoms with E-state index in [9.17, 15) is 18.5 Å². The second-order valence-corrected chi connectivity index (χ2v) is 5.98. The largest absolute Gasteiger partial charge is 0.276 e. The molecule has 0 aliphatic carbocycles. The van der Waals surface area contributed by atoms with E-state index < -0.39 is 14.9 Å². The molecule has 0 saturated carbocycles. The highest BCUT2D eigenvalue weighted by Gasteiger charge is 2.14. The number of nitro benzene ring substituents is 1. The number of hydrogen-bond acceptors (Lipinski definition) is 5. The van der Waals surface area contributed by atoms with E-state index in [1.807, 2.05) is 13.8 Å². The van der Waals surface area contributed by atoms with Crippen molar-refractivity contribution >= 4 is 21.4 Å². The molecular formula is C12H15N3O4S. The normalized spacial score (nSPS) is 11.8. The van der Waals surface area contributed by atoms with Crippen LogP contribution in [-0.2, 0) is 10.0 Å². The van der Waals surface area contributed by atoms with Gasteiger partial charge in [-0.2, -0.15) is 18.4 Å². The van der Waals surface area contributed by atoms with Crippen molar-refractivity contribution in [3.63, 3.8) is 0 Å². The lowest BCUT2D eigenvalue weighted by molar-refractivity contribution is -0.384. The molecule has 0 aromatic heterocycles. The highest BCUT2D eigenvalue weighted by Crippen LogP contribution is 2.15. The molecule has 0 spiro atoms. The molecule has 0 unspecified atom stereocenters. The molecule has 108 valence electrons. The van der Waals surface area contributed by atoms with Gasteiger partial charge in [-0.25, -0.2) is 0 Å². The average molecular weight is 297 g/mol. The molecule has 0 aliphatic rings. The maximum Gasteiger partial charge on any atom is 0.276 e. The Morgan fingerprint density at radius 2 is 1.80 bits per heavy atom. The first-order chi connectivity index (χ1) is 9.22. The number of nitro groups is 1. The number of nitrogens with zero attached hydrogens (tertiary/aromatic N) is 2. The molecule has 0 fully saturated rings. The van der Waals surface area contributed by atoms with E-state index in [2.05, 4.69) is 9.93 Å². The van der Waals surface area contributed by atoms with Crippen LogP contribution in [0.3, 0.4) is 0 Å². The molecular weight excluding hydrogens is 282 g/mol. The summed E-state index contributed by atoms with van der Waals surface area (Å²) in [6, 6.07) is 4.57. The molecule has 0 aliphatic heterocycles. The van der Waals surface area contributed by atoms with Gasteiger partial charge in [-0.05, 0) is 39.0 Å². The maximum absolute atomic E-state index is 11.9. The van der Waals surface area contributed by atoms with Crippen molar-refractivity contribution < 1.29 is 13.3 Å². The molecule has 7 nitrogen and oxygen atoms in total. The summed E-state index contributed by atoms with van der Waals surface area (Å²) in [5, 5.41) is 14.2. The molecule has 1 N–H and O–H groups in total. The smallest absolute Gasteiger partial charge is 0.258 e. The van der Waals surface area contributed by atoms with Crippen molar-refractivity contribution in [3.05, 3.63) is 46.0 Å².